The normalized spacial score (nSPS) is 22.6. The summed E-state index contributed by atoms with van der Waals surface area (Å²) in [7, 11) is 1.71. The molecule has 2 aromatic heterocycles. The number of ether oxygens (including phenoxy) is 1. The average Bonchev–Trinajstić information content (AvgIpc) is 2.71. The van der Waals surface area contributed by atoms with Gasteiger partial charge in [0.05, 0.1) is 24.1 Å². The lowest BCUT2D eigenvalue weighted by Crippen LogP contribution is -2.47. The molecule has 27 heavy (non-hydrogen) atoms. The Morgan fingerprint density at radius 3 is 2.96 bits per heavy atom. The van der Waals surface area contributed by atoms with E-state index in [4.69, 9.17) is 4.74 Å². The summed E-state index contributed by atoms with van der Waals surface area (Å²) in [6.45, 7) is 1.73. The SMILES string of the molecule is Cn1c(N2CCO[C@H](C3C=CC(F)=CC3)C2)nc(-c2ccncn2)cc1=O. The summed E-state index contributed by atoms with van der Waals surface area (Å²) in [5, 5.41) is 0. The van der Waals surface area contributed by atoms with Crippen molar-refractivity contribution in [3.63, 3.8) is 0 Å². The van der Waals surface area contributed by atoms with E-state index in [0.717, 1.165) is 0 Å². The molecule has 1 saturated heterocycles. The Morgan fingerprint density at radius 2 is 2.22 bits per heavy atom. The molecule has 0 N–H and O–H groups in total. The zero-order chi connectivity index (χ0) is 18.8. The summed E-state index contributed by atoms with van der Waals surface area (Å²) in [6.07, 6.45) is 8.49. The topological polar surface area (TPSA) is 73.1 Å². The Hall–Kier alpha value is -2.87. The molecule has 4 rings (SSSR count). The van der Waals surface area contributed by atoms with Gasteiger partial charge in [0.2, 0.25) is 5.95 Å². The number of nitrogens with zero attached hydrogens (tertiary/aromatic N) is 5. The minimum Gasteiger partial charge on any atom is -0.374 e. The van der Waals surface area contributed by atoms with Crippen molar-refractivity contribution >= 4 is 5.95 Å². The third-order valence-electron chi connectivity index (χ3n) is 4.90. The number of hydrogen-bond acceptors (Lipinski definition) is 6. The molecule has 0 saturated carbocycles. The first-order valence-corrected chi connectivity index (χ1v) is 8.86. The van der Waals surface area contributed by atoms with Crippen LogP contribution in [0.3, 0.4) is 0 Å². The quantitative estimate of drug-likeness (QED) is 0.822. The van der Waals surface area contributed by atoms with Gasteiger partial charge in [-0.1, -0.05) is 6.08 Å². The fraction of sp³-hybridized carbons (Fsp3) is 0.368. The summed E-state index contributed by atoms with van der Waals surface area (Å²) in [6, 6.07) is 3.20. The Kier molecular flexibility index (Phi) is 4.81. The molecule has 2 atom stereocenters. The van der Waals surface area contributed by atoms with Crippen LogP contribution in [0, 0.1) is 5.92 Å². The maximum absolute atomic E-state index is 13.2. The van der Waals surface area contributed by atoms with E-state index in [-0.39, 0.29) is 23.4 Å². The van der Waals surface area contributed by atoms with E-state index in [1.807, 2.05) is 11.0 Å². The lowest BCUT2D eigenvalue weighted by molar-refractivity contribution is 0.0137. The number of aromatic nitrogens is 4. The minimum absolute atomic E-state index is 0.0843. The summed E-state index contributed by atoms with van der Waals surface area (Å²) >= 11 is 0. The number of anilines is 1. The van der Waals surface area contributed by atoms with Gasteiger partial charge in [0, 0.05) is 38.3 Å². The Bertz CT molecular complexity index is 941. The molecule has 0 spiro atoms. The first-order valence-electron chi connectivity index (χ1n) is 8.86. The molecule has 7 nitrogen and oxygen atoms in total. The first kappa shape index (κ1) is 17.5. The van der Waals surface area contributed by atoms with Gasteiger partial charge in [-0.2, -0.15) is 0 Å². The molecule has 0 amide bonds. The highest BCUT2D eigenvalue weighted by atomic mass is 19.1. The third-order valence-corrected chi connectivity index (χ3v) is 4.90. The van der Waals surface area contributed by atoms with Crippen molar-refractivity contribution in [2.75, 3.05) is 24.6 Å². The van der Waals surface area contributed by atoms with Gasteiger partial charge in [-0.05, 0) is 24.6 Å². The molecule has 1 aliphatic carbocycles. The molecule has 140 valence electrons. The van der Waals surface area contributed by atoms with Crippen LogP contribution in [0.15, 0.2) is 53.5 Å². The zero-order valence-electron chi connectivity index (χ0n) is 15.0. The predicted molar refractivity (Wildman–Crippen MR) is 98.9 cm³/mol. The fourth-order valence-corrected chi connectivity index (χ4v) is 3.39. The van der Waals surface area contributed by atoms with Crippen molar-refractivity contribution in [2.24, 2.45) is 13.0 Å². The van der Waals surface area contributed by atoms with Crippen molar-refractivity contribution in [2.45, 2.75) is 12.5 Å². The standard InChI is InChI=1S/C19H20FN5O2/c1-24-18(26)10-16(15-6-7-21-12-22-15)23-19(24)25-8-9-27-17(11-25)13-2-4-14(20)5-3-13/h2,4-7,10,12-13,17H,3,8-9,11H2,1H3/t13?,17-/m0/s1. The Labute approximate surface area is 155 Å². The van der Waals surface area contributed by atoms with Crippen molar-refractivity contribution in [3.8, 4) is 11.4 Å². The molecule has 1 unspecified atom stereocenters. The van der Waals surface area contributed by atoms with Gasteiger partial charge in [-0.25, -0.2) is 19.3 Å². The summed E-state index contributed by atoms with van der Waals surface area (Å²) in [5.41, 5.74) is 0.963. The second-order valence-corrected chi connectivity index (χ2v) is 6.64. The number of rotatable bonds is 3. The molecule has 0 bridgehead atoms. The number of hydrogen-bond donors (Lipinski definition) is 0. The molecule has 0 radical (unpaired) electrons. The molecular formula is C19H20FN5O2. The predicted octanol–water partition coefficient (Wildman–Crippen LogP) is 1.87. The van der Waals surface area contributed by atoms with Crippen LogP contribution in [-0.2, 0) is 11.8 Å². The first-order chi connectivity index (χ1) is 13.1. The van der Waals surface area contributed by atoms with E-state index in [1.54, 1.807) is 25.4 Å². The van der Waals surface area contributed by atoms with Crippen LogP contribution in [0.25, 0.3) is 11.4 Å². The molecule has 2 aromatic rings. The van der Waals surface area contributed by atoms with Gasteiger partial charge >= 0.3 is 0 Å². The molecule has 1 aliphatic heterocycles. The Balaban J connectivity index is 1.61. The van der Waals surface area contributed by atoms with E-state index in [9.17, 15) is 9.18 Å². The molecule has 2 aliphatic rings. The van der Waals surface area contributed by atoms with Crippen LogP contribution >= 0.6 is 0 Å². The fourth-order valence-electron chi connectivity index (χ4n) is 3.39. The van der Waals surface area contributed by atoms with E-state index in [1.165, 1.54) is 23.0 Å². The van der Waals surface area contributed by atoms with Crippen molar-refractivity contribution in [3.05, 3.63) is 59.1 Å². The van der Waals surface area contributed by atoms with Crippen LogP contribution in [0.2, 0.25) is 0 Å². The van der Waals surface area contributed by atoms with Crippen LogP contribution < -0.4 is 10.5 Å². The van der Waals surface area contributed by atoms with Crippen LogP contribution in [0.4, 0.5) is 10.3 Å². The average molecular weight is 369 g/mol. The van der Waals surface area contributed by atoms with Crippen molar-refractivity contribution < 1.29 is 9.13 Å². The highest BCUT2D eigenvalue weighted by Crippen LogP contribution is 2.26. The highest BCUT2D eigenvalue weighted by molar-refractivity contribution is 5.55. The molecular weight excluding hydrogens is 349 g/mol. The van der Waals surface area contributed by atoms with E-state index in [0.29, 0.717) is 43.5 Å². The van der Waals surface area contributed by atoms with Crippen LogP contribution in [0.5, 0.6) is 0 Å². The maximum Gasteiger partial charge on any atom is 0.255 e. The summed E-state index contributed by atoms with van der Waals surface area (Å²) < 4.78 is 20.7. The second kappa shape index (κ2) is 7.40. The molecule has 0 aromatic carbocycles. The van der Waals surface area contributed by atoms with Gasteiger partial charge in [0.1, 0.15) is 12.2 Å². The lowest BCUT2D eigenvalue weighted by Gasteiger charge is -2.37. The number of morpholine rings is 1. The monoisotopic (exact) mass is 369 g/mol. The molecule has 1 fully saturated rings. The highest BCUT2D eigenvalue weighted by Gasteiger charge is 2.29. The van der Waals surface area contributed by atoms with E-state index < -0.39 is 0 Å². The van der Waals surface area contributed by atoms with Crippen LogP contribution in [-0.4, -0.2) is 45.3 Å². The van der Waals surface area contributed by atoms with Gasteiger partial charge < -0.3 is 9.64 Å². The second-order valence-electron chi connectivity index (χ2n) is 6.64. The van der Waals surface area contributed by atoms with Gasteiger partial charge in [-0.15, -0.1) is 0 Å². The summed E-state index contributed by atoms with van der Waals surface area (Å²) in [4.78, 5) is 27.3. The summed E-state index contributed by atoms with van der Waals surface area (Å²) in [5.74, 6) is 0.473. The van der Waals surface area contributed by atoms with Gasteiger partial charge in [-0.3, -0.25) is 9.36 Å². The van der Waals surface area contributed by atoms with Crippen LogP contribution in [0.1, 0.15) is 6.42 Å². The van der Waals surface area contributed by atoms with Crippen molar-refractivity contribution in [1.29, 1.82) is 0 Å². The van der Waals surface area contributed by atoms with E-state index >= 15 is 0 Å². The Morgan fingerprint density at radius 1 is 1.33 bits per heavy atom. The van der Waals surface area contributed by atoms with Crippen molar-refractivity contribution in [1.82, 2.24) is 19.5 Å². The third kappa shape index (κ3) is 3.66. The maximum atomic E-state index is 13.2. The number of halogens is 1. The number of allylic oxidation sites excluding steroid dienone is 3. The van der Waals surface area contributed by atoms with Gasteiger partial charge in [0.25, 0.3) is 5.56 Å². The van der Waals surface area contributed by atoms with Gasteiger partial charge in [0.15, 0.2) is 0 Å². The largest absolute Gasteiger partial charge is 0.374 e. The smallest absolute Gasteiger partial charge is 0.255 e. The minimum atomic E-state index is -0.208. The molecule has 3 heterocycles. The van der Waals surface area contributed by atoms with E-state index in [2.05, 4.69) is 15.0 Å². The molecule has 8 heteroatoms. The zero-order valence-corrected chi connectivity index (χ0v) is 15.0. The lowest BCUT2D eigenvalue weighted by atomic mass is 9.93.